The van der Waals surface area contributed by atoms with Crippen molar-refractivity contribution in [2.24, 2.45) is 0 Å². The highest BCUT2D eigenvalue weighted by Crippen LogP contribution is 2.50. The van der Waals surface area contributed by atoms with Gasteiger partial charge in [0.2, 0.25) is 0 Å². The normalized spacial score (nSPS) is 14.5. The van der Waals surface area contributed by atoms with Gasteiger partial charge in [0, 0.05) is 0 Å². The summed E-state index contributed by atoms with van der Waals surface area (Å²) in [7, 11) is 0. The van der Waals surface area contributed by atoms with Crippen molar-refractivity contribution in [3.63, 3.8) is 0 Å². The molecule has 0 radical (unpaired) electrons. The van der Waals surface area contributed by atoms with Gasteiger partial charge in [0.1, 0.15) is 11.5 Å². The molecule has 0 atom stereocenters. The zero-order chi connectivity index (χ0) is 27.3. The summed E-state index contributed by atoms with van der Waals surface area (Å²) in [6.07, 6.45) is 0. The molecule has 2 aliphatic rings. The Balaban J connectivity index is 1.42. The van der Waals surface area contributed by atoms with Gasteiger partial charge in [-0.05, 0) is 59.4 Å². The number of phenols is 2. The van der Waals surface area contributed by atoms with Gasteiger partial charge in [0.25, 0.3) is 0 Å². The molecule has 0 spiro atoms. The topological polar surface area (TPSA) is 53.4 Å². The van der Waals surface area contributed by atoms with Crippen molar-refractivity contribution in [3.8, 4) is 11.5 Å². The van der Waals surface area contributed by atoms with E-state index in [2.05, 4.69) is 83.7 Å². The minimum absolute atomic E-state index is 0.280. The van der Waals surface area contributed by atoms with E-state index < -0.39 is 0 Å². The Kier molecular flexibility index (Phi) is 6.26. The molecule has 0 fully saturated rings. The predicted molar refractivity (Wildman–Crippen MR) is 161 cm³/mol. The minimum atomic E-state index is 0.280. The lowest BCUT2D eigenvalue weighted by Gasteiger charge is -2.29. The molecule has 6 rings (SSSR count). The summed E-state index contributed by atoms with van der Waals surface area (Å²) in [4.78, 5) is 9.24. The van der Waals surface area contributed by atoms with Crippen LogP contribution in [-0.2, 0) is 0 Å². The van der Waals surface area contributed by atoms with Crippen LogP contribution < -0.4 is 19.6 Å². The standard InChI is InChI=1S/C33H36N4O2/c1-22(2)24-11-9-15-28-32(24)36(26-13-5-7-17-30(26)38)20-34(28)19-35-21-37(27-14-6-8-18-31(27)39)33-25(23(3)4)12-10-16-29(33)35/h5-18,22-23,38-39H,19-21H2,1-4H3. The Labute approximate surface area is 231 Å². The molecule has 39 heavy (non-hydrogen) atoms. The number of benzene rings is 4. The number of nitrogens with zero attached hydrogens (tertiary/aromatic N) is 4. The van der Waals surface area contributed by atoms with Gasteiger partial charge < -0.3 is 29.8 Å². The summed E-state index contributed by atoms with van der Waals surface area (Å²) in [5.41, 5.74) is 8.78. The first-order valence-corrected chi connectivity index (χ1v) is 13.7. The van der Waals surface area contributed by atoms with Crippen LogP contribution in [0.2, 0.25) is 0 Å². The molecule has 6 heteroatoms. The molecule has 0 aromatic heterocycles. The van der Waals surface area contributed by atoms with Crippen LogP contribution in [0.3, 0.4) is 0 Å². The van der Waals surface area contributed by atoms with Crippen molar-refractivity contribution >= 4 is 34.1 Å². The molecule has 0 aliphatic carbocycles. The lowest BCUT2D eigenvalue weighted by Crippen LogP contribution is -2.40. The molecule has 2 aliphatic heterocycles. The van der Waals surface area contributed by atoms with Gasteiger partial charge in [-0.1, -0.05) is 76.2 Å². The molecule has 4 aromatic carbocycles. The monoisotopic (exact) mass is 520 g/mol. The first-order valence-electron chi connectivity index (χ1n) is 13.7. The Morgan fingerprint density at radius 1 is 0.538 bits per heavy atom. The third-order valence-electron chi connectivity index (χ3n) is 7.87. The average Bonchev–Trinajstić information content (AvgIpc) is 3.48. The summed E-state index contributed by atoms with van der Waals surface area (Å²) < 4.78 is 0. The third-order valence-corrected chi connectivity index (χ3v) is 7.87. The highest BCUT2D eigenvalue weighted by Gasteiger charge is 2.36. The second kappa shape index (κ2) is 9.77. The first-order chi connectivity index (χ1) is 18.8. The number of para-hydroxylation sites is 6. The van der Waals surface area contributed by atoms with Crippen molar-refractivity contribution < 1.29 is 10.2 Å². The molecule has 6 nitrogen and oxygen atoms in total. The van der Waals surface area contributed by atoms with Crippen LogP contribution in [0.5, 0.6) is 11.5 Å². The number of hydrogen-bond acceptors (Lipinski definition) is 6. The highest BCUT2D eigenvalue weighted by atomic mass is 16.3. The van der Waals surface area contributed by atoms with E-state index in [4.69, 9.17) is 0 Å². The smallest absolute Gasteiger partial charge is 0.139 e. The van der Waals surface area contributed by atoms with Crippen molar-refractivity contribution in [1.29, 1.82) is 0 Å². The quantitative estimate of drug-likeness (QED) is 0.270. The first kappa shape index (κ1) is 25.0. The number of aromatic hydroxyl groups is 2. The summed E-state index contributed by atoms with van der Waals surface area (Å²) >= 11 is 0. The lowest BCUT2D eigenvalue weighted by molar-refractivity contribution is 0.475. The van der Waals surface area contributed by atoms with Crippen molar-refractivity contribution in [3.05, 3.63) is 96.1 Å². The third kappa shape index (κ3) is 4.20. The predicted octanol–water partition coefficient (Wildman–Crippen LogP) is 7.83. The molecule has 4 aromatic rings. The van der Waals surface area contributed by atoms with E-state index in [1.807, 2.05) is 36.4 Å². The summed E-state index contributed by atoms with van der Waals surface area (Å²) in [5.74, 6) is 1.24. The van der Waals surface area contributed by atoms with Crippen molar-refractivity contribution in [2.75, 3.05) is 39.6 Å². The fourth-order valence-corrected chi connectivity index (χ4v) is 5.99. The van der Waals surface area contributed by atoms with Crippen LogP contribution in [-0.4, -0.2) is 30.2 Å². The minimum Gasteiger partial charge on any atom is -0.506 e. The molecule has 0 bridgehead atoms. The van der Waals surface area contributed by atoms with E-state index in [0.717, 1.165) is 34.1 Å². The van der Waals surface area contributed by atoms with Crippen molar-refractivity contribution in [1.82, 2.24) is 0 Å². The van der Waals surface area contributed by atoms with Crippen LogP contribution in [0.25, 0.3) is 0 Å². The molecule has 0 saturated heterocycles. The average molecular weight is 521 g/mol. The Morgan fingerprint density at radius 3 is 1.31 bits per heavy atom. The van der Waals surface area contributed by atoms with Gasteiger partial charge in [-0.25, -0.2) is 0 Å². The molecular formula is C33H36N4O2. The van der Waals surface area contributed by atoms with E-state index in [9.17, 15) is 10.2 Å². The number of fused-ring (bicyclic) bond motifs is 2. The Hall–Kier alpha value is -4.32. The fraction of sp³-hybridized carbons (Fsp3) is 0.273. The van der Waals surface area contributed by atoms with E-state index in [1.165, 1.54) is 11.1 Å². The molecule has 200 valence electrons. The lowest BCUT2D eigenvalue weighted by atomic mass is 9.99. The molecular weight excluding hydrogens is 484 g/mol. The SMILES string of the molecule is CC(C)c1cccc2c1N(c1ccccc1O)CN2CN1CN(c2ccccc2O)c2c(C(C)C)cccc21. The number of anilines is 6. The van der Waals surface area contributed by atoms with Gasteiger partial charge in [0.05, 0.1) is 54.1 Å². The molecule has 0 unspecified atom stereocenters. The number of rotatable bonds is 6. The molecule has 0 saturated carbocycles. The second-order valence-corrected chi connectivity index (χ2v) is 11.1. The number of phenolic OH excluding ortho intramolecular Hbond substituents is 2. The van der Waals surface area contributed by atoms with Gasteiger partial charge in [-0.3, -0.25) is 0 Å². The maximum Gasteiger partial charge on any atom is 0.139 e. The van der Waals surface area contributed by atoms with Crippen LogP contribution in [0.1, 0.15) is 50.7 Å². The Morgan fingerprint density at radius 2 is 0.923 bits per heavy atom. The van der Waals surface area contributed by atoms with Gasteiger partial charge in [-0.2, -0.15) is 0 Å². The van der Waals surface area contributed by atoms with E-state index in [0.29, 0.717) is 31.8 Å². The Bertz CT molecular complexity index is 1400. The van der Waals surface area contributed by atoms with Crippen LogP contribution in [0, 0.1) is 0 Å². The molecule has 2 N–H and O–H groups in total. The zero-order valence-electron chi connectivity index (χ0n) is 23.0. The summed E-state index contributed by atoms with van der Waals surface area (Å²) in [6, 6.07) is 28.2. The largest absolute Gasteiger partial charge is 0.506 e. The van der Waals surface area contributed by atoms with Crippen LogP contribution >= 0.6 is 0 Å². The molecule has 0 amide bonds. The highest BCUT2D eigenvalue weighted by molar-refractivity contribution is 5.89. The second-order valence-electron chi connectivity index (χ2n) is 11.1. The zero-order valence-corrected chi connectivity index (χ0v) is 23.0. The van der Waals surface area contributed by atoms with E-state index in [1.54, 1.807) is 12.1 Å². The maximum absolute atomic E-state index is 10.8. The van der Waals surface area contributed by atoms with E-state index >= 15 is 0 Å². The van der Waals surface area contributed by atoms with Gasteiger partial charge in [0.15, 0.2) is 0 Å². The van der Waals surface area contributed by atoms with Crippen molar-refractivity contribution in [2.45, 2.75) is 39.5 Å². The van der Waals surface area contributed by atoms with Gasteiger partial charge >= 0.3 is 0 Å². The summed E-state index contributed by atoms with van der Waals surface area (Å²) in [5, 5.41) is 21.6. The maximum atomic E-state index is 10.8. The van der Waals surface area contributed by atoms with E-state index in [-0.39, 0.29) is 11.5 Å². The van der Waals surface area contributed by atoms with Crippen LogP contribution in [0.4, 0.5) is 34.1 Å². The van der Waals surface area contributed by atoms with Crippen LogP contribution in [0.15, 0.2) is 84.9 Å². The fourth-order valence-electron chi connectivity index (χ4n) is 5.99. The number of hydrogen-bond donors (Lipinski definition) is 2. The van der Waals surface area contributed by atoms with Gasteiger partial charge in [-0.15, -0.1) is 0 Å². The summed E-state index contributed by atoms with van der Waals surface area (Å²) in [6.45, 7) is 10.8. The molecule has 2 heterocycles.